The molecular formula is C21H27N3O3. The zero-order valence-electron chi connectivity index (χ0n) is 15.9. The molecule has 2 N–H and O–H groups in total. The minimum Gasteiger partial charge on any atom is -0.497 e. The first kappa shape index (κ1) is 19.2. The van der Waals surface area contributed by atoms with Gasteiger partial charge in [0.15, 0.2) is 0 Å². The summed E-state index contributed by atoms with van der Waals surface area (Å²) in [5, 5.41) is 12.7. The van der Waals surface area contributed by atoms with Crippen LogP contribution in [0.2, 0.25) is 0 Å². The van der Waals surface area contributed by atoms with Crippen LogP contribution >= 0.6 is 0 Å². The number of carbonyl (C=O) groups is 1. The number of amides is 1. The van der Waals surface area contributed by atoms with E-state index in [1.807, 2.05) is 18.2 Å². The molecule has 1 aromatic carbocycles. The van der Waals surface area contributed by atoms with Crippen molar-refractivity contribution < 1.29 is 14.6 Å². The quantitative estimate of drug-likeness (QED) is 0.811. The Balaban J connectivity index is 1.61. The van der Waals surface area contributed by atoms with E-state index >= 15 is 0 Å². The number of methoxy groups -OCH3 is 1. The van der Waals surface area contributed by atoms with Crippen LogP contribution in [0.4, 0.5) is 4.79 Å². The molecule has 6 heteroatoms. The number of ether oxygens (including phenoxy) is 1. The SMILES string of the molecule is COc1cc(CNC2CCC(N(C)C(=O)O)CC2)cc(-c2ccncc2)c1. The van der Waals surface area contributed by atoms with Crippen LogP contribution < -0.4 is 10.1 Å². The number of aromatic nitrogens is 1. The predicted octanol–water partition coefficient (Wildman–Crippen LogP) is 3.77. The van der Waals surface area contributed by atoms with E-state index in [-0.39, 0.29) is 6.04 Å². The molecule has 0 saturated heterocycles. The Labute approximate surface area is 160 Å². The van der Waals surface area contributed by atoms with Gasteiger partial charge in [0.1, 0.15) is 5.75 Å². The van der Waals surface area contributed by atoms with Crippen molar-refractivity contribution >= 4 is 6.09 Å². The van der Waals surface area contributed by atoms with Crippen molar-refractivity contribution in [3.63, 3.8) is 0 Å². The van der Waals surface area contributed by atoms with Crippen molar-refractivity contribution in [1.82, 2.24) is 15.2 Å². The fraction of sp³-hybridized carbons (Fsp3) is 0.429. The van der Waals surface area contributed by atoms with Gasteiger partial charge in [-0.2, -0.15) is 0 Å². The summed E-state index contributed by atoms with van der Waals surface area (Å²) in [6, 6.07) is 10.8. The minimum absolute atomic E-state index is 0.135. The number of hydrogen-bond acceptors (Lipinski definition) is 4. The van der Waals surface area contributed by atoms with Crippen LogP contribution in [-0.4, -0.2) is 47.3 Å². The van der Waals surface area contributed by atoms with Crippen LogP contribution in [0.15, 0.2) is 42.7 Å². The van der Waals surface area contributed by atoms with Gasteiger partial charge >= 0.3 is 6.09 Å². The Morgan fingerprint density at radius 1 is 1.19 bits per heavy atom. The lowest BCUT2D eigenvalue weighted by molar-refractivity contribution is 0.122. The molecule has 0 aliphatic heterocycles. The minimum atomic E-state index is -0.841. The number of hydrogen-bond donors (Lipinski definition) is 2. The Bertz CT molecular complexity index is 759. The molecule has 0 radical (unpaired) electrons. The maximum Gasteiger partial charge on any atom is 0.407 e. The summed E-state index contributed by atoms with van der Waals surface area (Å²) in [7, 11) is 3.35. The molecule has 0 atom stereocenters. The Morgan fingerprint density at radius 3 is 2.52 bits per heavy atom. The van der Waals surface area contributed by atoms with Crippen LogP contribution in [-0.2, 0) is 6.54 Å². The summed E-state index contributed by atoms with van der Waals surface area (Å²) in [5.74, 6) is 0.841. The summed E-state index contributed by atoms with van der Waals surface area (Å²) in [6.45, 7) is 0.763. The van der Waals surface area contributed by atoms with E-state index in [1.54, 1.807) is 26.6 Å². The number of benzene rings is 1. The normalized spacial score (nSPS) is 19.5. The molecule has 1 saturated carbocycles. The first-order valence-corrected chi connectivity index (χ1v) is 9.34. The fourth-order valence-electron chi connectivity index (χ4n) is 3.68. The van der Waals surface area contributed by atoms with Gasteiger partial charge in [-0.15, -0.1) is 0 Å². The maximum atomic E-state index is 11.1. The van der Waals surface area contributed by atoms with Gasteiger partial charge in [0.2, 0.25) is 0 Å². The van der Waals surface area contributed by atoms with Crippen molar-refractivity contribution in [2.24, 2.45) is 0 Å². The first-order valence-electron chi connectivity index (χ1n) is 9.34. The van der Waals surface area contributed by atoms with Gasteiger partial charge in [-0.1, -0.05) is 0 Å². The molecule has 1 amide bonds. The first-order chi connectivity index (χ1) is 13.1. The van der Waals surface area contributed by atoms with Crippen molar-refractivity contribution in [1.29, 1.82) is 0 Å². The fourth-order valence-corrected chi connectivity index (χ4v) is 3.68. The molecule has 0 spiro atoms. The number of pyridine rings is 1. The highest BCUT2D eigenvalue weighted by Crippen LogP contribution is 2.27. The highest BCUT2D eigenvalue weighted by Gasteiger charge is 2.26. The second kappa shape index (κ2) is 8.86. The van der Waals surface area contributed by atoms with Gasteiger partial charge in [0.25, 0.3) is 0 Å². The molecule has 1 aliphatic rings. The summed E-state index contributed by atoms with van der Waals surface area (Å²) >= 11 is 0. The van der Waals surface area contributed by atoms with Gasteiger partial charge in [-0.3, -0.25) is 4.98 Å². The third-order valence-corrected chi connectivity index (χ3v) is 5.36. The molecule has 1 heterocycles. The lowest BCUT2D eigenvalue weighted by atomic mass is 9.90. The molecule has 2 aromatic rings. The summed E-state index contributed by atoms with van der Waals surface area (Å²) in [6.07, 6.45) is 6.53. The molecule has 6 nitrogen and oxygen atoms in total. The van der Waals surface area contributed by atoms with Gasteiger partial charge < -0.3 is 20.1 Å². The van der Waals surface area contributed by atoms with Crippen molar-refractivity contribution in [2.45, 2.75) is 44.3 Å². The highest BCUT2D eigenvalue weighted by atomic mass is 16.5. The average Bonchev–Trinajstić information content (AvgIpc) is 2.72. The van der Waals surface area contributed by atoms with E-state index in [4.69, 9.17) is 9.84 Å². The second-order valence-electron chi connectivity index (χ2n) is 7.09. The van der Waals surface area contributed by atoms with E-state index in [0.717, 1.165) is 49.1 Å². The maximum absolute atomic E-state index is 11.1. The van der Waals surface area contributed by atoms with Crippen LogP contribution in [0.25, 0.3) is 11.1 Å². The zero-order chi connectivity index (χ0) is 19.2. The van der Waals surface area contributed by atoms with E-state index in [2.05, 4.69) is 22.4 Å². The zero-order valence-corrected chi connectivity index (χ0v) is 15.9. The van der Waals surface area contributed by atoms with E-state index in [9.17, 15) is 4.79 Å². The van der Waals surface area contributed by atoms with Crippen LogP contribution in [0, 0.1) is 0 Å². The molecule has 1 aromatic heterocycles. The lowest BCUT2D eigenvalue weighted by Crippen LogP contribution is -2.42. The number of nitrogens with zero attached hydrogens (tertiary/aromatic N) is 2. The van der Waals surface area contributed by atoms with E-state index in [0.29, 0.717) is 6.04 Å². The third-order valence-electron chi connectivity index (χ3n) is 5.36. The molecule has 3 rings (SSSR count). The lowest BCUT2D eigenvalue weighted by Gasteiger charge is -2.33. The van der Waals surface area contributed by atoms with Crippen LogP contribution in [0.1, 0.15) is 31.2 Å². The monoisotopic (exact) mass is 369 g/mol. The molecule has 144 valence electrons. The molecule has 27 heavy (non-hydrogen) atoms. The highest BCUT2D eigenvalue weighted by molar-refractivity contribution is 5.66. The molecule has 0 bridgehead atoms. The second-order valence-corrected chi connectivity index (χ2v) is 7.09. The number of nitrogens with one attached hydrogen (secondary N) is 1. The predicted molar refractivity (Wildman–Crippen MR) is 105 cm³/mol. The van der Waals surface area contributed by atoms with Gasteiger partial charge in [-0.25, -0.2) is 4.79 Å². The van der Waals surface area contributed by atoms with Gasteiger partial charge in [0.05, 0.1) is 7.11 Å². The molecular weight excluding hydrogens is 342 g/mol. The summed E-state index contributed by atoms with van der Waals surface area (Å²) in [5.41, 5.74) is 3.40. The Hall–Kier alpha value is -2.60. The summed E-state index contributed by atoms with van der Waals surface area (Å²) < 4.78 is 5.47. The Kier molecular flexibility index (Phi) is 6.29. The van der Waals surface area contributed by atoms with Crippen molar-refractivity contribution in [3.05, 3.63) is 48.3 Å². The van der Waals surface area contributed by atoms with Crippen molar-refractivity contribution in [3.8, 4) is 16.9 Å². The van der Waals surface area contributed by atoms with E-state index in [1.165, 1.54) is 10.5 Å². The third kappa shape index (κ3) is 4.98. The average molecular weight is 369 g/mol. The van der Waals surface area contributed by atoms with Gasteiger partial charge in [-0.05, 0) is 72.7 Å². The molecule has 0 unspecified atom stereocenters. The largest absolute Gasteiger partial charge is 0.497 e. The van der Waals surface area contributed by atoms with E-state index < -0.39 is 6.09 Å². The van der Waals surface area contributed by atoms with Crippen molar-refractivity contribution in [2.75, 3.05) is 14.2 Å². The molecule has 1 aliphatic carbocycles. The van der Waals surface area contributed by atoms with Crippen LogP contribution in [0.3, 0.4) is 0 Å². The number of rotatable bonds is 6. The Morgan fingerprint density at radius 2 is 1.89 bits per heavy atom. The molecule has 1 fully saturated rings. The number of carboxylic acid groups (broad SMARTS) is 1. The smallest absolute Gasteiger partial charge is 0.407 e. The topological polar surface area (TPSA) is 74.7 Å². The van der Waals surface area contributed by atoms with Gasteiger partial charge in [0, 0.05) is 38.1 Å². The standard InChI is InChI=1S/C21H27N3O3/c1-24(21(25)26)19-5-3-18(4-6-19)23-14-15-11-17(13-20(12-15)27-2)16-7-9-22-10-8-16/h7-13,18-19,23H,3-6,14H2,1-2H3,(H,25,26). The summed E-state index contributed by atoms with van der Waals surface area (Å²) in [4.78, 5) is 16.6. The van der Waals surface area contributed by atoms with Crippen LogP contribution in [0.5, 0.6) is 5.75 Å².